The predicted octanol–water partition coefficient (Wildman–Crippen LogP) is 2.70. The molecule has 0 aromatic heterocycles. The number of aliphatic hydroxyl groups is 7. The number of hydrogen-bond donors (Lipinski definition) is 7. The highest BCUT2D eigenvalue weighted by atomic mass is 16.7. The average molecular weight is 779 g/mol. The first-order chi connectivity index (χ1) is 26.0. The Balaban J connectivity index is 1.79. The minimum Gasteiger partial charge on any atom is -0.462 e. The van der Waals surface area contributed by atoms with Gasteiger partial charge in [0.1, 0.15) is 55.4 Å². The van der Waals surface area contributed by atoms with Crippen molar-refractivity contribution >= 4 is 11.9 Å². The van der Waals surface area contributed by atoms with Gasteiger partial charge in [-0.15, -0.1) is 0 Å². The molecule has 54 heavy (non-hydrogen) atoms. The highest BCUT2D eigenvalue weighted by Gasteiger charge is 2.47. The van der Waals surface area contributed by atoms with Gasteiger partial charge in [-0.2, -0.15) is 0 Å². The molecule has 2 aliphatic heterocycles. The van der Waals surface area contributed by atoms with E-state index in [0.717, 1.165) is 44.9 Å². The van der Waals surface area contributed by atoms with Crippen LogP contribution in [-0.4, -0.2) is 142 Å². The molecule has 2 aliphatic rings. The van der Waals surface area contributed by atoms with Gasteiger partial charge in [-0.3, -0.25) is 9.59 Å². The number of allylic oxidation sites excluding steroid dienone is 2. The molecule has 0 aromatic rings. The van der Waals surface area contributed by atoms with Gasteiger partial charge in [0.2, 0.25) is 0 Å². The van der Waals surface area contributed by atoms with Crippen LogP contribution < -0.4 is 0 Å². The first-order valence-electron chi connectivity index (χ1n) is 20.3. The Morgan fingerprint density at radius 1 is 0.574 bits per heavy atom. The van der Waals surface area contributed by atoms with Crippen LogP contribution in [0.3, 0.4) is 0 Å². The van der Waals surface area contributed by atoms with Crippen molar-refractivity contribution in [1.29, 1.82) is 0 Å². The van der Waals surface area contributed by atoms with E-state index in [1.165, 1.54) is 44.9 Å². The second kappa shape index (κ2) is 28.6. The molecule has 2 heterocycles. The summed E-state index contributed by atoms with van der Waals surface area (Å²) < 4.78 is 33.0. The summed E-state index contributed by atoms with van der Waals surface area (Å²) in [5.74, 6) is -0.976. The van der Waals surface area contributed by atoms with E-state index in [4.69, 9.17) is 28.4 Å². The number of unbranched alkanes of at least 4 members (excludes halogenated alkanes) is 13. The average Bonchev–Trinajstić information content (AvgIpc) is 3.16. The SMILES string of the molecule is CCCCCCCCC/C=C\CCCCCCCC(=O)OC(COC(=O)CCCC)COC1OC(COC2OC(CO)C(O)C(O)C2O)C(O)C(O)C1O. The third kappa shape index (κ3) is 18.5. The molecule has 2 rings (SSSR count). The maximum absolute atomic E-state index is 12.8. The van der Waals surface area contributed by atoms with Crippen molar-refractivity contribution in [3.05, 3.63) is 12.2 Å². The van der Waals surface area contributed by atoms with Crippen LogP contribution in [0.4, 0.5) is 0 Å². The van der Waals surface area contributed by atoms with Gasteiger partial charge >= 0.3 is 11.9 Å². The summed E-state index contributed by atoms with van der Waals surface area (Å²) in [5, 5.41) is 71.3. The molecule has 11 unspecified atom stereocenters. The van der Waals surface area contributed by atoms with Gasteiger partial charge in [0, 0.05) is 12.8 Å². The van der Waals surface area contributed by atoms with E-state index >= 15 is 0 Å². The lowest BCUT2D eigenvalue weighted by molar-refractivity contribution is -0.332. The van der Waals surface area contributed by atoms with Crippen LogP contribution in [0.1, 0.15) is 129 Å². The summed E-state index contributed by atoms with van der Waals surface area (Å²) in [4.78, 5) is 24.9. The molecule has 316 valence electrons. The Morgan fingerprint density at radius 3 is 1.67 bits per heavy atom. The van der Waals surface area contributed by atoms with Crippen LogP contribution in [0.5, 0.6) is 0 Å². The van der Waals surface area contributed by atoms with Crippen LogP contribution in [0.25, 0.3) is 0 Å². The Hall–Kier alpha value is -1.76. The fourth-order valence-corrected chi connectivity index (χ4v) is 6.25. The molecule has 0 saturated carbocycles. The van der Waals surface area contributed by atoms with E-state index in [0.29, 0.717) is 12.8 Å². The second-order valence-corrected chi connectivity index (χ2v) is 14.5. The molecular formula is C39H70O15. The van der Waals surface area contributed by atoms with Crippen LogP contribution in [0.2, 0.25) is 0 Å². The van der Waals surface area contributed by atoms with Crippen molar-refractivity contribution in [3.8, 4) is 0 Å². The maximum atomic E-state index is 12.8. The molecule has 15 heteroatoms. The highest BCUT2D eigenvalue weighted by Crippen LogP contribution is 2.26. The van der Waals surface area contributed by atoms with E-state index in [1.807, 2.05) is 6.92 Å². The van der Waals surface area contributed by atoms with E-state index in [1.54, 1.807) is 0 Å². The normalized spacial score (nSPS) is 29.4. The number of hydrogen-bond acceptors (Lipinski definition) is 15. The lowest BCUT2D eigenvalue weighted by Gasteiger charge is -2.42. The zero-order valence-electron chi connectivity index (χ0n) is 32.5. The molecule has 7 N–H and O–H groups in total. The molecule has 0 amide bonds. The Labute approximate surface area is 320 Å². The smallest absolute Gasteiger partial charge is 0.306 e. The lowest BCUT2D eigenvalue weighted by atomic mass is 9.98. The van der Waals surface area contributed by atoms with Crippen molar-refractivity contribution in [2.24, 2.45) is 0 Å². The van der Waals surface area contributed by atoms with Crippen molar-refractivity contribution in [2.45, 2.75) is 197 Å². The lowest BCUT2D eigenvalue weighted by Crippen LogP contribution is -2.61. The molecule has 0 radical (unpaired) electrons. The van der Waals surface area contributed by atoms with Gasteiger partial charge in [-0.05, 0) is 38.5 Å². The fourth-order valence-electron chi connectivity index (χ4n) is 6.25. The quantitative estimate of drug-likeness (QED) is 0.0329. The minimum absolute atomic E-state index is 0.156. The van der Waals surface area contributed by atoms with Crippen LogP contribution >= 0.6 is 0 Å². The molecule has 2 fully saturated rings. The van der Waals surface area contributed by atoms with Gasteiger partial charge in [0.25, 0.3) is 0 Å². The topological polar surface area (TPSA) is 231 Å². The van der Waals surface area contributed by atoms with E-state index in [9.17, 15) is 45.3 Å². The van der Waals surface area contributed by atoms with Crippen molar-refractivity contribution < 1.29 is 73.8 Å². The largest absolute Gasteiger partial charge is 0.462 e. The van der Waals surface area contributed by atoms with Crippen molar-refractivity contribution in [3.63, 3.8) is 0 Å². The Kier molecular flexibility index (Phi) is 25.6. The maximum Gasteiger partial charge on any atom is 0.306 e. The fraction of sp³-hybridized carbons (Fsp3) is 0.897. The number of aliphatic hydroxyl groups excluding tert-OH is 7. The predicted molar refractivity (Wildman–Crippen MR) is 197 cm³/mol. The molecule has 2 saturated heterocycles. The first-order valence-corrected chi connectivity index (χ1v) is 20.3. The summed E-state index contributed by atoms with van der Waals surface area (Å²) in [5.41, 5.74) is 0. The summed E-state index contributed by atoms with van der Waals surface area (Å²) in [6, 6.07) is 0. The van der Waals surface area contributed by atoms with Gasteiger partial charge in [0.15, 0.2) is 18.7 Å². The van der Waals surface area contributed by atoms with Gasteiger partial charge in [-0.25, -0.2) is 0 Å². The van der Waals surface area contributed by atoms with Gasteiger partial charge in [0.05, 0.1) is 19.8 Å². The molecule has 0 aromatic carbocycles. The van der Waals surface area contributed by atoms with Crippen molar-refractivity contribution in [1.82, 2.24) is 0 Å². The summed E-state index contributed by atoms with van der Waals surface area (Å²) >= 11 is 0. The zero-order valence-corrected chi connectivity index (χ0v) is 32.5. The van der Waals surface area contributed by atoms with Crippen LogP contribution in [0, 0.1) is 0 Å². The molecule has 15 nitrogen and oxygen atoms in total. The molecule has 0 bridgehead atoms. The minimum atomic E-state index is -1.76. The van der Waals surface area contributed by atoms with Crippen LogP contribution in [0.15, 0.2) is 12.2 Å². The monoisotopic (exact) mass is 778 g/mol. The van der Waals surface area contributed by atoms with E-state index in [2.05, 4.69) is 19.1 Å². The summed E-state index contributed by atoms with van der Waals surface area (Å²) in [6.07, 6.45) is 5.51. The molecule has 0 aliphatic carbocycles. The zero-order chi connectivity index (χ0) is 39.7. The molecular weight excluding hydrogens is 708 g/mol. The highest BCUT2D eigenvalue weighted by molar-refractivity contribution is 5.70. The summed E-state index contributed by atoms with van der Waals surface area (Å²) in [7, 11) is 0. The standard InChI is InChI=1S/C39H70O15/c1-3-5-7-8-9-10-11-12-13-14-15-16-17-18-19-20-22-31(42)52-27(24-49-30(41)21-6-4-2)25-50-38-37(48)35(46)33(44)29(54-38)26-51-39-36(47)34(45)32(43)28(23-40)53-39/h13-14,27-29,32-40,43-48H,3-12,15-26H2,1-2H3/b14-13-. The molecule has 11 atom stereocenters. The number of esters is 2. The number of rotatable bonds is 29. The molecule has 0 spiro atoms. The first kappa shape index (κ1) is 48.4. The summed E-state index contributed by atoms with van der Waals surface area (Å²) in [6.45, 7) is 2.27. The Bertz CT molecular complexity index is 1010. The van der Waals surface area contributed by atoms with E-state index < -0.39 is 92.7 Å². The van der Waals surface area contributed by atoms with E-state index in [-0.39, 0.29) is 26.1 Å². The van der Waals surface area contributed by atoms with Gasteiger partial charge < -0.3 is 64.2 Å². The number of carbonyl (C=O) groups is 2. The van der Waals surface area contributed by atoms with Crippen molar-refractivity contribution in [2.75, 3.05) is 26.4 Å². The Morgan fingerprint density at radius 2 is 1.07 bits per heavy atom. The third-order valence-electron chi connectivity index (χ3n) is 9.74. The second-order valence-electron chi connectivity index (χ2n) is 14.5. The van der Waals surface area contributed by atoms with Gasteiger partial charge in [-0.1, -0.05) is 90.2 Å². The third-order valence-corrected chi connectivity index (χ3v) is 9.74. The number of ether oxygens (including phenoxy) is 6. The number of carbonyl (C=O) groups excluding carboxylic acids is 2. The van der Waals surface area contributed by atoms with Crippen LogP contribution in [-0.2, 0) is 38.0 Å².